The van der Waals surface area contributed by atoms with Crippen LogP contribution in [-0.4, -0.2) is 20.9 Å². The molecule has 2 aromatic rings. The Balaban J connectivity index is 2.55. The zero-order valence-corrected chi connectivity index (χ0v) is 12.5. The van der Waals surface area contributed by atoms with Crippen molar-refractivity contribution < 1.29 is 9.90 Å². The molecule has 19 heavy (non-hydrogen) atoms. The largest absolute Gasteiger partial charge is 0.477 e. The first kappa shape index (κ1) is 13.8. The lowest BCUT2D eigenvalue weighted by Crippen LogP contribution is -2.01. The van der Waals surface area contributed by atoms with Crippen LogP contribution in [0.2, 0.25) is 0 Å². The number of carboxylic acids is 1. The maximum atomic E-state index is 11.1. The van der Waals surface area contributed by atoms with E-state index in [2.05, 4.69) is 12.0 Å². The Labute approximate surface area is 116 Å². The van der Waals surface area contributed by atoms with Gasteiger partial charge in [0.2, 0.25) is 0 Å². The van der Waals surface area contributed by atoms with Crippen molar-refractivity contribution in [3.63, 3.8) is 0 Å². The number of thiophene rings is 1. The summed E-state index contributed by atoms with van der Waals surface area (Å²) in [5.41, 5.74) is 4.17. The van der Waals surface area contributed by atoms with Gasteiger partial charge >= 0.3 is 5.97 Å². The summed E-state index contributed by atoms with van der Waals surface area (Å²) in [5, 5.41) is 13.6. The highest BCUT2D eigenvalue weighted by atomic mass is 32.1. The van der Waals surface area contributed by atoms with Crippen LogP contribution in [-0.2, 0) is 6.54 Å². The van der Waals surface area contributed by atoms with Gasteiger partial charge in [0.1, 0.15) is 4.88 Å². The van der Waals surface area contributed by atoms with Gasteiger partial charge in [0.05, 0.1) is 5.69 Å². The molecule has 2 rings (SSSR count). The highest BCUT2D eigenvalue weighted by molar-refractivity contribution is 7.17. The molecule has 0 fully saturated rings. The monoisotopic (exact) mass is 278 g/mol. The summed E-state index contributed by atoms with van der Waals surface area (Å²) in [6.45, 7) is 8.99. The number of carboxylic acid groups (broad SMARTS) is 1. The van der Waals surface area contributed by atoms with Crippen LogP contribution in [0.1, 0.15) is 40.0 Å². The van der Waals surface area contributed by atoms with Gasteiger partial charge in [-0.1, -0.05) is 6.92 Å². The SMILES string of the molecule is CCCn1nc(C)c(-c2sc(C(=O)O)cc2C)c1C. The van der Waals surface area contributed by atoms with E-state index in [1.165, 1.54) is 11.3 Å². The fourth-order valence-electron chi connectivity index (χ4n) is 2.29. The van der Waals surface area contributed by atoms with Crippen molar-refractivity contribution in [3.8, 4) is 10.4 Å². The Hall–Kier alpha value is -1.62. The number of hydrogen-bond acceptors (Lipinski definition) is 3. The first-order valence-electron chi connectivity index (χ1n) is 6.33. The number of aromatic carboxylic acids is 1. The van der Waals surface area contributed by atoms with Gasteiger partial charge in [0, 0.05) is 22.7 Å². The average molecular weight is 278 g/mol. The van der Waals surface area contributed by atoms with E-state index in [1.54, 1.807) is 6.07 Å². The smallest absolute Gasteiger partial charge is 0.345 e. The van der Waals surface area contributed by atoms with Crippen LogP contribution in [0.3, 0.4) is 0 Å². The molecule has 0 unspecified atom stereocenters. The molecule has 2 aromatic heterocycles. The van der Waals surface area contributed by atoms with Gasteiger partial charge in [-0.2, -0.15) is 5.10 Å². The molecule has 0 aliphatic heterocycles. The zero-order valence-electron chi connectivity index (χ0n) is 11.6. The third-order valence-electron chi connectivity index (χ3n) is 3.17. The summed E-state index contributed by atoms with van der Waals surface area (Å²) in [5.74, 6) is -0.865. The molecule has 0 bridgehead atoms. The number of rotatable bonds is 4. The molecular formula is C14H18N2O2S. The van der Waals surface area contributed by atoms with Gasteiger partial charge in [-0.05, 0) is 38.8 Å². The van der Waals surface area contributed by atoms with Crippen LogP contribution in [0.4, 0.5) is 0 Å². The molecule has 0 amide bonds. The minimum absolute atomic E-state index is 0.384. The topological polar surface area (TPSA) is 55.1 Å². The highest BCUT2D eigenvalue weighted by Crippen LogP contribution is 2.36. The minimum atomic E-state index is -0.865. The highest BCUT2D eigenvalue weighted by Gasteiger charge is 2.19. The Morgan fingerprint density at radius 3 is 2.63 bits per heavy atom. The summed E-state index contributed by atoms with van der Waals surface area (Å²) in [6, 6.07) is 1.73. The van der Waals surface area contributed by atoms with Crippen LogP contribution in [0.5, 0.6) is 0 Å². The first-order chi connectivity index (χ1) is 8.95. The third kappa shape index (κ3) is 2.42. The third-order valence-corrected chi connectivity index (χ3v) is 4.42. The summed E-state index contributed by atoms with van der Waals surface area (Å²) < 4.78 is 2.00. The van der Waals surface area contributed by atoms with E-state index in [0.717, 1.165) is 40.4 Å². The predicted molar refractivity (Wildman–Crippen MR) is 77.0 cm³/mol. The van der Waals surface area contributed by atoms with E-state index in [9.17, 15) is 4.79 Å². The number of carbonyl (C=O) groups is 1. The maximum Gasteiger partial charge on any atom is 0.345 e. The quantitative estimate of drug-likeness (QED) is 0.928. The molecule has 2 heterocycles. The predicted octanol–water partition coefficient (Wildman–Crippen LogP) is 3.65. The molecule has 0 saturated carbocycles. The zero-order chi connectivity index (χ0) is 14.2. The average Bonchev–Trinajstić information content (AvgIpc) is 2.82. The van der Waals surface area contributed by atoms with Crippen LogP contribution in [0.15, 0.2) is 6.07 Å². The molecule has 0 aliphatic rings. The lowest BCUT2D eigenvalue weighted by Gasteiger charge is -2.03. The van der Waals surface area contributed by atoms with Crippen molar-refractivity contribution in [3.05, 3.63) is 27.9 Å². The number of nitrogens with zero attached hydrogens (tertiary/aromatic N) is 2. The van der Waals surface area contributed by atoms with Crippen molar-refractivity contribution in [1.82, 2.24) is 9.78 Å². The maximum absolute atomic E-state index is 11.1. The molecule has 102 valence electrons. The second kappa shape index (κ2) is 5.17. The van der Waals surface area contributed by atoms with E-state index in [4.69, 9.17) is 5.11 Å². The van der Waals surface area contributed by atoms with Gasteiger partial charge in [-0.3, -0.25) is 4.68 Å². The van der Waals surface area contributed by atoms with Gasteiger partial charge < -0.3 is 5.11 Å². The number of hydrogen-bond donors (Lipinski definition) is 1. The fourth-order valence-corrected chi connectivity index (χ4v) is 3.45. The second-order valence-electron chi connectivity index (χ2n) is 4.70. The number of aromatic nitrogens is 2. The molecule has 0 atom stereocenters. The van der Waals surface area contributed by atoms with Crippen molar-refractivity contribution in [2.75, 3.05) is 0 Å². The van der Waals surface area contributed by atoms with Gasteiger partial charge in [-0.15, -0.1) is 11.3 Å². The Bertz CT molecular complexity index is 626. The van der Waals surface area contributed by atoms with Crippen LogP contribution in [0, 0.1) is 20.8 Å². The Morgan fingerprint density at radius 1 is 1.42 bits per heavy atom. The molecule has 5 heteroatoms. The van der Waals surface area contributed by atoms with E-state index >= 15 is 0 Å². The second-order valence-corrected chi connectivity index (χ2v) is 5.75. The molecule has 0 radical (unpaired) electrons. The van der Waals surface area contributed by atoms with Gasteiger partial charge in [0.25, 0.3) is 0 Å². The lowest BCUT2D eigenvalue weighted by molar-refractivity contribution is 0.0702. The van der Waals surface area contributed by atoms with E-state index in [-0.39, 0.29) is 0 Å². The molecular weight excluding hydrogens is 260 g/mol. The van der Waals surface area contributed by atoms with Crippen molar-refractivity contribution in [2.45, 2.75) is 40.7 Å². The van der Waals surface area contributed by atoms with Crippen molar-refractivity contribution >= 4 is 17.3 Å². The van der Waals surface area contributed by atoms with Crippen LogP contribution < -0.4 is 0 Å². The summed E-state index contributed by atoms with van der Waals surface area (Å²) in [7, 11) is 0. The molecule has 4 nitrogen and oxygen atoms in total. The fraction of sp³-hybridized carbons (Fsp3) is 0.429. The van der Waals surface area contributed by atoms with Crippen LogP contribution >= 0.6 is 11.3 Å². The lowest BCUT2D eigenvalue weighted by atomic mass is 10.1. The Morgan fingerprint density at radius 2 is 2.11 bits per heavy atom. The molecule has 1 N–H and O–H groups in total. The van der Waals surface area contributed by atoms with Gasteiger partial charge in [-0.25, -0.2) is 4.79 Å². The first-order valence-corrected chi connectivity index (χ1v) is 7.15. The van der Waals surface area contributed by atoms with Crippen molar-refractivity contribution in [2.24, 2.45) is 0 Å². The van der Waals surface area contributed by atoms with E-state index in [1.807, 2.05) is 25.5 Å². The Kier molecular flexibility index (Phi) is 3.75. The van der Waals surface area contributed by atoms with Crippen molar-refractivity contribution in [1.29, 1.82) is 0 Å². The van der Waals surface area contributed by atoms with Gasteiger partial charge in [0.15, 0.2) is 0 Å². The number of aryl methyl sites for hydroxylation is 3. The summed E-state index contributed by atoms with van der Waals surface area (Å²) in [4.78, 5) is 12.5. The molecule has 0 aromatic carbocycles. The van der Waals surface area contributed by atoms with Crippen LogP contribution in [0.25, 0.3) is 10.4 Å². The standard InChI is InChI=1S/C14H18N2O2S/c1-5-6-16-10(4)12(9(3)15-16)13-8(2)7-11(19-13)14(17)18/h7H,5-6H2,1-4H3,(H,17,18). The normalized spacial score (nSPS) is 10.9. The summed E-state index contributed by atoms with van der Waals surface area (Å²) >= 11 is 1.33. The summed E-state index contributed by atoms with van der Waals surface area (Å²) in [6.07, 6.45) is 1.03. The molecule has 0 saturated heterocycles. The van der Waals surface area contributed by atoms with E-state index in [0.29, 0.717) is 4.88 Å². The minimum Gasteiger partial charge on any atom is -0.477 e. The molecule has 0 spiro atoms. The molecule has 0 aliphatic carbocycles. The van der Waals surface area contributed by atoms with E-state index < -0.39 is 5.97 Å².